The Balaban J connectivity index is 1.58. The Hall–Kier alpha value is -3.97. The predicted molar refractivity (Wildman–Crippen MR) is 122 cm³/mol. The maximum Gasteiger partial charge on any atom is 0.290 e. The van der Waals surface area contributed by atoms with Crippen LogP contribution < -0.4 is 16.4 Å². The first-order valence-corrected chi connectivity index (χ1v) is 10.3. The minimum atomic E-state index is -0.629. The SMILES string of the molecule is O=C(Cc1ccccc1Cl)NNC(=O)c1nn(Cc2ccccc2)c(=O)c2ccccc12. The summed E-state index contributed by atoms with van der Waals surface area (Å²) in [5.41, 5.74) is 6.01. The van der Waals surface area contributed by atoms with Gasteiger partial charge in [-0.15, -0.1) is 0 Å². The molecule has 0 spiro atoms. The number of amides is 2. The lowest BCUT2D eigenvalue weighted by molar-refractivity contribution is -0.121. The van der Waals surface area contributed by atoms with E-state index in [1.54, 1.807) is 48.5 Å². The zero-order chi connectivity index (χ0) is 22.5. The third-order valence-corrected chi connectivity index (χ3v) is 5.25. The monoisotopic (exact) mass is 446 g/mol. The number of fused-ring (bicyclic) bond motifs is 1. The summed E-state index contributed by atoms with van der Waals surface area (Å²) in [5, 5.41) is 5.53. The van der Waals surface area contributed by atoms with Crippen molar-refractivity contribution >= 4 is 34.2 Å². The molecule has 0 saturated heterocycles. The second-order valence-corrected chi connectivity index (χ2v) is 7.52. The third kappa shape index (κ3) is 4.68. The number of aromatic nitrogens is 2. The van der Waals surface area contributed by atoms with Gasteiger partial charge in [0.2, 0.25) is 5.91 Å². The van der Waals surface area contributed by atoms with Gasteiger partial charge < -0.3 is 0 Å². The van der Waals surface area contributed by atoms with Crippen LogP contribution in [0.15, 0.2) is 83.7 Å². The molecule has 3 aromatic carbocycles. The largest absolute Gasteiger partial charge is 0.290 e. The summed E-state index contributed by atoms with van der Waals surface area (Å²) in [6.45, 7) is 0.212. The maximum absolute atomic E-state index is 12.9. The van der Waals surface area contributed by atoms with Crippen LogP contribution in [-0.2, 0) is 17.8 Å². The Bertz CT molecular complexity index is 1350. The second kappa shape index (κ2) is 9.45. The van der Waals surface area contributed by atoms with Gasteiger partial charge in [-0.05, 0) is 23.3 Å². The number of hydrazine groups is 1. The highest BCUT2D eigenvalue weighted by Crippen LogP contribution is 2.16. The van der Waals surface area contributed by atoms with Crippen molar-refractivity contribution in [2.75, 3.05) is 0 Å². The van der Waals surface area contributed by atoms with Gasteiger partial charge in [0.05, 0.1) is 18.4 Å². The van der Waals surface area contributed by atoms with Crippen molar-refractivity contribution in [3.63, 3.8) is 0 Å². The van der Waals surface area contributed by atoms with E-state index in [1.807, 2.05) is 30.3 Å². The van der Waals surface area contributed by atoms with E-state index < -0.39 is 11.8 Å². The lowest BCUT2D eigenvalue weighted by Gasteiger charge is -2.12. The predicted octanol–water partition coefficient (Wildman–Crippen LogP) is 3.10. The molecule has 2 amide bonds. The number of rotatable bonds is 5. The number of halogens is 1. The summed E-state index contributed by atoms with van der Waals surface area (Å²) >= 11 is 6.08. The molecule has 0 aliphatic rings. The Labute approximate surface area is 188 Å². The van der Waals surface area contributed by atoms with Crippen LogP contribution in [0, 0.1) is 0 Å². The van der Waals surface area contributed by atoms with E-state index in [-0.39, 0.29) is 24.2 Å². The number of hydrogen-bond acceptors (Lipinski definition) is 4. The van der Waals surface area contributed by atoms with Crippen LogP contribution in [0.1, 0.15) is 21.6 Å². The van der Waals surface area contributed by atoms with E-state index in [0.29, 0.717) is 21.4 Å². The number of carbonyl (C=O) groups excluding carboxylic acids is 2. The average molecular weight is 447 g/mol. The Morgan fingerprint density at radius 1 is 0.844 bits per heavy atom. The summed E-state index contributed by atoms with van der Waals surface area (Å²) < 4.78 is 1.25. The first-order valence-electron chi connectivity index (χ1n) is 9.89. The van der Waals surface area contributed by atoms with Crippen molar-refractivity contribution < 1.29 is 9.59 Å². The first kappa shape index (κ1) is 21.3. The van der Waals surface area contributed by atoms with Crippen LogP contribution in [-0.4, -0.2) is 21.6 Å². The number of hydrogen-bond donors (Lipinski definition) is 2. The average Bonchev–Trinajstić information content (AvgIpc) is 2.81. The normalized spacial score (nSPS) is 10.7. The molecule has 0 fully saturated rings. The fourth-order valence-corrected chi connectivity index (χ4v) is 3.51. The number of carbonyl (C=O) groups is 2. The lowest BCUT2D eigenvalue weighted by Crippen LogP contribution is -2.43. The lowest BCUT2D eigenvalue weighted by atomic mass is 10.1. The fourth-order valence-electron chi connectivity index (χ4n) is 3.31. The van der Waals surface area contributed by atoms with Crippen molar-refractivity contribution in [3.8, 4) is 0 Å². The van der Waals surface area contributed by atoms with Gasteiger partial charge in [-0.2, -0.15) is 5.10 Å². The number of nitrogens with zero attached hydrogens (tertiary/aromatic N) is 2. The molecule has 2 N–H and O–H groups in total. The molecule has 1 aromatic heterocycles. The molecule has 0 aliphatic carbocycles. The van der Waals surface area contributed by atoms with E-state index in [0.717, 1.165) is 5.56 Å². The molecule has 0 unspecified atom stereocenters. The molecule has 160 valence electrons. The van der Waals surface area contributed by atoms with Gasteiger partial charge in [-0.1, -0.05) is 78.3 Å². The zero-order valence-corrected chi connectivity index (χ0v) is 17.7. The molecule has 8 heteroatoms. The second-order valence-electron chi connectivity index (χ2n) is 7.11. The standard InChI is InChI=1S/C24H19ClN4O3/c25-20-13-7-4-10-17(20)14-21(30)26-27-23(31)22-18-11-5-6-12-19(18)24(32)29(28-22)15-16-8-2-1-3-9-16/h1-13H,14-15H2,(H,26,30)(H,27,31). The molecule has 1 heterocycles. The van der Waals surface area contributed by atoms with E-state index >= 15 is 0 Å². The molecule has 0 bridgehead atoms. The topological polar surface area (TPSA) is 93.1 Å². The van der Waals surface area contributed by atoms with Crippen molar-refractivity contribution in [2.45, 2.75) is 13.0 Å². The van der Waals surface area contributed by atoms with Crippen molar-refractivity contribution in [3.05, 3.63) is 111 Å². The Morgan fingerprint density at radius 3 is 2.25 bits per heavy atom. The summed E-state index contributed by atoms with van der Waals surface area (Å²) in [6, 6.07) is 23.1. The summed E-state index contributed by atoms with van der Waals surface area (Å²) in [5.74, 6) is -1.07. The fraction of sp³-hybridized carbons (Fsp3) is 0.0833. The van der Waals surface area contributed by atoms with Crippen molar-refractivity contribution in [2.24, 2.45) is 0 Å². The molecular weight excluding hydrogens is 428 g/mol. The molecule has 0 saturated carbocycles. The van der Waals surface area contributed by atoms with Gasteiger partial charge in [0, 0.05) is 10.4 Å². The molecule has 32 heavy (non-hydrogen) atoms. The van der Waals surface area contributed by atoms with Gasteiger partial charge >= 0.3 is 0 Å². The van der Waals surface area contributed by atoms with E-state index in [1.165, 1.54) is 4.68 Å². The molecule has 0 atom stereocenters. The van der Waals surface area contributed by atoms with E-state index in [9.17, 15) is 14.4 Å². The van der Waals surface area contributed by atoms with Crippen LogP contribution in [0.5, 0.6) is 0 Å². The van der Waals surface area contributed by atoms with Gasteiger partial charge in [-0.25, -0.2) is 4.68 Å². The minimum Gasteiger partial charge on any atom is -0.273 e. The van der Waals surface area contributed by atoms with Gasteiger partial charge in [0.25, 0.3) is 11.5 Å². The third-order valence-electron chi connectivity index (χ3n) is 4.88. The molecule has 4 aromatic rings. The summed E-state index contributed by atoms with van der Waals surface area (Å²) in [4.78, 5) is 38.0. The number of nitrogens with one attached hydrogen (secondary N) is 2. The highest BCUT2D eigenvalue weighted by Gasteiger charge is 2.17. The Kier molecular flexibility index (Phi) is 6.28. The zero-order valence-electron chi connectivity index (χ0n) is 16.9. The van der Waals surface area contributed by atoms with Crippen LogP contribution >= 0.6 is 11.6 Å². The van der Waals surface area contributed by atoms with Crippen molar-refractivity contribution in [1.82, 2.24) is 20.6 Å². The van der Waals surface area contributed by atoms with Gasteiger partial charge in [0.15, 0.2) is 5.69 Å². The number of benzene rings is 3. The quantitative estimate of drug-likeness (QED) is 0.461. The van der Waals surface area contributed by atoms with Crippen molar-refractivity contribution in [1.29, 1.82) is 0 Å². The highest BCUT2D eigenvalue weighted by molar-refractivity contribution is 6.31. The van der Waals surface area contributed by atoms with E-state index in [4.69, 9.17) is 11.6 Å². The molecule has 4 rings (SSSR count). The van der Waals surface area contributed by atoms with Crippen LogP contribution in [0.4, 0.5) is 0 Å². The smallest absolute Gasteiger partial charge is 0.273 e. The van der Waals surface area contributed by atoms with Crippen LogP contribution in [0.3, 0.4) is 0 Å². The van der Waals surface area contributed by atoms with Gasteiger partial charge in [-0.3, -0.25) is 25.2 Å². The Morgan fingerprint density at radius 2 is 1.50 bits per heavy atom. The molecular formula is C24H19ClN4O3. The maximum atomic E-state index is 12.9. The van der Waals surface area contributed by atoms with E-state index in [2.05, 4.69) is 16.0 Å². The highest BCUT2D eigenvalue weighted by atomic mass is 35.5. The molecule has 0 radical (unpaired) electrons. The first-order chi connectivity index (χ1) is 15.5. The summed E-state index contributed by atoms with van der Waals surface area (Å²) in [7, 11) is 0. The van der Waals surface area contributed by atoms with Crippen LogP contribution in [0.25, 0.3) is 10.8 Å². The molecule has 7 nitrogen and oxygen atoms in total. The minimum absolute atomic E-state index is 0.00162. The summed E-state index contributed by atoms with van der Waals surface area (Å²) in [6.07, 6.45) is 0.00162. The van der Waals surface area contributed by atoms with Crippen LogP contribution in [0.2, 0.25) is 5.02 Å². The molecule has 0 aliphatic heterocycles. The van der Waals surface area contributed by atoms with Gasteiger partial charge in [0.1, 0.15) is 0 Å².